The SMILES string of the molecule is CCNC(=NCC1CN2CCN1CC2)N1CCSC(CC)C1. The van der Waals surface area contributed by atoms with Crippen LogP contribution in [0.1, 0.15) is 20.3 Å². The largest absolute Gasteiger partial charge is 0.357 e. The van der Waals surface area contributed by atoms with E-state index in [1.54, 1.807) is 0 Å². The predicted molar refractivity (Wildman–Crippen MR) is 95.9 cm³/mol. The molecule has 0 aromatic carbocycles. The molecule has 4 heterocycles. The number of hydrogen-bond donors (Lipinski definition) is 1. The van der Waals surface area contributed by atoms with Crippen LogP contribution < -0.4 is 5.32 Å². The Kier molecular flexibility index (Phi) is 5.88. The van der Waals surface area contributed by atoms with Crippen LogP contribution in [0, 0.1) is 0 Å². The number of nitrogens with one attached hydrogen (secondary N) is 1. The van der Waals surface area contributed by atoms with Crippen molar-refractivity contribution < 1.29 is 0 Å². The van der Waals surface area contributed by atoms with Crippen molar-refractivity contribution in [1.82, 2.24) is 20.0 Å². The number of fused-ring (bicyclic) bond motifs is 3. The lowest BCUT2D eigenvalue weighted by atomic mass is 10.1. The van der Waals surface area contributed by atoms with E-state index in [-0.39, 0.29) is 0 Å². The highest BCUT2D eigenvalue weighted by Crippen LogP contribution is 2.21. The summed E-state index contributed by atoms with van der Waals surface area (Å²) in [6, 6.07) is 0.622. The second-order valence-corrected chi connectivity index (χ2v) is 7.94. The summed E-state index contributed by atoms with van der Waals surface area (Å²) in [4.78, 5) is 12.7. The van der Waals surface area contributed by atoms with Crippen molar-refractivity contribution in [3.63, 3.8) is 0 Å². The van der Waals surface area contributed by atoms with Gasteiger partial charge in [-0.05, 0) is 13.3 Å². The summed E-state index contributed by atoms with van der Waals surface area (Å²) in [5.74, 6) is 2.37. The summed E-state index contributed by atoms with van der Waals surface area (Å²) in [6.45, 7) is 14.8. The number of rotatable bonds is 4. The summed E-state index contributed by atoms with van der Waals surface area (Å²) in [5, 5.41) is 4.28. The van der Waals surface area contributed by atoms with E-state index in [0.717, 1.165) is 37.4 Å². The molecule has 0 saturated carbocycles. The van der Waals surface area contributed by atoms with Crippen molar-refractivity contribution in [3.8, 4) is 0 Å². The monoisotopic (exact) mass is 325 g/mol. The zero-order valence-corrected chi connectivity index (χ0v) is 14.9. The van der Waals surface area contributed by atoms with Gasteiger partial charge in [-0.3, -0.25) is 14.8 Å². The molecule has 126 valence electrons. The van der Waals surface area contributed by atoms with Gasteiger partial charge in [0.1, 0.15) is 0 Å². The first-order valence-electron chi connectivity index (χ1n) is 8.91. The topological polar surface area (TPSA) is 34.1 Å². The van der Waals surface area contributed by atoms with E-state index in [1.165, 1.54) is 44.9 Å². The Hall–Kier alpha value is -0.460. The first-order valence-corrected chi connectivity index (χ1v) is 9.96. The van der Waals surface area contributed by atoms with Crippen molar-refractivity contribution in [1.29, 1.82) is 0 Å². The number of aliphatic imine (C=N–C) groups is 1. The molecule has 2 unspecified atom stereocenters. The Bertz CT molecular complexity index is 381. The Labute approximate surface area is 139 Å². The summed E-state index contributed by atoms with van der Waals surface area (Å²) in [5.41, 5.74) is 0. The number of thioether (sulfide) groups is 1. The molecular formula is C16H31N5S. The minimum Gasteiger partial charge on any atom is -0.357 e. The minimum atomic E-state index is 0.622. The third-order valence-corrected chi connectivity index (χ3v) is 6.44. The van der Waals surface area contributed by atoms with Gasteiger partial charge in [0, 0.05) is 69.4 Å². The zero-order chi connectivity index (χ0) is 15.4. The molecule has 4 aliphatic rings. The summed E-state index contributed by atoms with van der Waals surface area (Å²) in [7, 11) is 0. The van der Waals surface area contributed by atoms with Crippen LogP contribution in [0.25, 0.3) is 0 Å². The Morgan fingerprint density at radius 3 is 2.59 bits per heavy atom. The quantitative estimate of drug-likeness (QED) is 0.610. The molecule has 4 saturated heterocycles. The maximum Gasteiger partial charge on any atom is 0.194 e. The van der Waals surface area contributed by atoms with Gasteiger partial charge in [-0.25, -0.2) is 0 Å². The van der Waals surface area contributed by atoms with Crippen molar-refractivity contribution in [2.75, 3.05) is 64.7 Å². The number of nitrogens with zero attached hydrogens (tertiary/aromatic N) is 4. The maximum atomic E-state index is 5.00. The average Bonchev–Trinajstić information content (AvgIpc) is 2.59. The molecule has 5 nitrogen and oxygen atoms in total. The summed E-state index contributed by atoms with van der Waals surface area (Å²) < 4.78 is 0. The standard InChI is InChI=1S/C16H31N5S/c1-3-15-13-21(9-10-22-15)16(17-4-2)18-11-14-12-19-5-7-20(14)8-6-19/h14-15H,3-13H2,1-2H3,(H,17,18). The highest BCUT2D eigenvalue weighted by molar-refractivity contribution is 8.00. The summed E-state index contributed by atoms with van der Waals surface area (Å²) in [6.07, 6.45) is 1.26. The molecule has 0 aromatic heterocycles. The molecule has 2 atom stereocenters. The Morgan fingerprint density at radius 2 is 1.95 bits per heavy atom. The third kappa shape index (κ3) is 3.89. The lowest BCUT2D eigenvalue weighted by molar-refractivity contribution is 0.0173. The van der Waals surface area contributed by atoms with Crippen LogP contribution in [-0.4, -0.2) is 96.6 Å². The van der Waals surface area contributed by atoms with E-state index in [1.807, 2.05) is 0 Å². The van der Waals surface area contributed by atoms with Crippen molar-refractivity contribution in [3.05, 3.63) is 0 Å². The van der Waals surface area contributed by atoms with Gasteiger partial charge in [0.15, 0.2) is 5.96 Å². The molecule has 0 aromatic rings. The van der Waals surface area contributed by atoms with Gasteiger partial charge in [0.25, 0.3) is 0 Å². The van der Waals surface area contributed by atoms with Gasteiger partial charge in [-0.1, -0.05) is 6.92 Å². The number of hydrogen-bond acceptors (Lipinski definition) is 4. The van der Waals surface area contributed by atoms with Crippen molar-refractivity contribution in [2.24, 2.45) is 4.99 Å². The molecule has 0 radical (unpaired) electrons. The molecule has 4 aliphatic heterocycles. The van der Waals surface area contributed by atoms with E-state index >= 15 is 0 Å². The Balaban J connectivity index is 1.60. The molecule has 22 heavy (non-hydrogen) atoms. The van der Waals surface area contributed by atoms with Crippen LogP contribution in [0.2, 0.25) is 0 Å². The second-order valence-electron chi connectivity index (χ2n) is 6.53. The van der Waals surface area contributed by atoms with E-state index in [9.17, 15) is 0 Å². The smallest absolute Gasteiger partial charge is 0.194 e. The van der Waals surface area contributed by atoms with E-state index in [0.29, 0.717) is 6.04 Å². The number of piperazine rings is 3. The molecule has 0 amide bonds. The van der Waals surface area contributed by atoms with Crippen molar-refractivity contribution >= 4 is 17.7 Å². The van der Waals surface area contributed by atoms with Gasteiger partial charge < -0.3 is 10.2 Å². The van der Waals surface area contributed by atoms with Crippen LogP contribution in [-0.2, 0) is 0 Å². The second kappa shape index (κ2) is 7.88. The summed E-state index contributed by atoms with van der Waals surface area (Å²) >= 11 is 2.12. The molecule has 6 heteroatoms. The maximum absolute atomic E-state index is 5.00. The van der Waals surface area contributed by atoms with Crippen LogP contribution in [0.4, 0.5) is 0 Å². The van der Waals surface area contributed by atoms with Crippen LogP contribution in [0.3, 0.4) is 0 Å². The van der Waals surface area contributed by atoms with Crippen LogP contribution in [0.15, 0.2) is 4.99 Å². The molecule has 4 fully saturated rings. The van der Waals surface area contributed by atoms with E-state index < -0.39 is 0 Å². The van der Waals surface area contributed by atoms with Gasteiger partial charge in [0.05, 0.1) is 6.54 Å². The highest BCUT2D eigenvalue weighted by Gasteiger charge is 2.31. The fraction of sp³-hybridized carbons (Fsp3) is 0.938. The van der Waals surface area contributed by atoms with Crippen LogP contribution in [0.5, 0.6) is 0 Å². The third-order valence-electron chi connectivity index (χ3n) is 5.07. The van der Waals surface area contributed by atoms with E-state index in [4.69, 9.17) is 4.99 Å². The van der Waals surface area contributed by atoms with Gasteiger partial charge in [0.2, 0.25) is 0 Å². The molecule has 0 aliphatic carbocycles. The van der Waals surface area contributed by atoms with Gasteiger partial charge >= 0.3 is 0 Å². The first kappa shape index (κ1) is 16.4. The van der Waals surface area contributed by atoms with Gasteiger partial charge in [-0.2, -0.15) is 11.8 Å². The average molecular weight is 326 g/mol. The molecule has 2 bridgehead atoms. The fourth-order valence-electron chi connectivity index (χ4n) is 3.67. The van der Waals surface area contributed by atoms with Crippen LogP contribution >= 0.6 is 11.8 Å². The molecule has 4 rings (SSSR count). The lowest BCUT2D eigenvalue weighted by Gasteiger charge is -2.47. The zero-order valence-electron chi connectivity index (χ0n) is 14.1. The Morgan fingerprint density at radius 1 is 1.14 bits per heavy atom. The minimum absolute atomic E-state index is 0.622. The highest BCUT2D eigenvalue weighted by atomic mass is 32.2. The fourth-order valence-corrected chi connectivity index (χ4v) is 4.85. The molecule has 1 N–H and O–H groups in total. The molecular weight excluding hydrogens is 294 g/mol. The van der Waals surface area contributed by atoms with Crippen molar-refractivity contribution in [2.45, 2.75) is 31.6 Å². The predicted octanol–water partition coefficient (Wildman–Crippen LogP) is 0.779. The normalized spacial score (nSPS) is 35.7. The first-order chi connectivity index (χ1) is 10.8. The number of guanidine groups is 1. The molecule has 0 spiro atoms. The van der Waals surface area contributed by atoms with E-state index in [2.05, 4.69) is 45.6 Å². The lowest BCUT2D eigenvalue weighted by Crippen LogP contribution is -2.62. The van der Waals surface area contributed by atoms with Gasteiger partial charge in [-0.15, -0.1) is 0 Å².